The lowest BCUT2D eigenvalue weighted by atomic mass is 10.1. The molecule has 18 heavy (non-hydrogen) atoms. The van der Waals surface area contributed by atoms with Crippen molar-refractivity contribution in [2.45, 2.75) is 0 Å². The number of aliphatic hydroxyl groups excluding tert-OH is 1. The van der Waals surface area contributed by atoms with E-state index in [2.05, 4.69) is 20.9 Å². The van der Waals surface area contributed by atoms with E-state index in [9.17, 15) is 5.11 Å². The highest BCUT2D eigenvalue weighted by Crippen LogP contribution is 2.27. The number of ether oxygens (including phenoxy) is 1. The smallest absolute Gasteiger partial charge is 0.140 e. The molecule has 1 saturated heterocycles. The Morgan fingerprint density at radius 2 is 2.44 bits per heavy atom. The Morgan fingerprint density at radius 3 is 3.33 bits per heavy atom. The van der Waals surface area contributed by atoms with Gasteiger partial charge >= 0.3 is 0 Å². The standard InChI is InChI=1S/C12H15N3O2S/c16-6-9-5-15(2-3-17-7-9)11-10-1-4-18-12(10)14-8-13-11/h1,4,8-9,16H,2-3,5-7H2/t9-/m1/s1. The maximum Gasteiger partial charge on any atom is 0.140 e. The Balaban J connectivity index is 1.94. The molecule has 1 aliphatic heterocycles. The molecule has 0 aliphatic carbocycles. The van der Waals surface area contributed by atoms with Crippen LogP contribution in [0.15, 0.2) is 17.8 Å². The molecule has 6 heteroatoms. The predicted molar refractivity (Wildman–Crippen MR) is 71.0 cm³/mol. The Labute approximate surface area is 109 Å². The van der Waals surface area contributed by atoms with Gasteiger partial charge in [0.15, 0.2) is 0 Å². The number of aromatic nitrogens is 2. The maximum absolute atomic E-state index is 9.32. The van der Waals surface area contributed by atoms with Crippen molar-refractivity contribution in [1.29, 1.82) is 0 Å². The van der Waals surface area contributed by atoms with Crippen molar-refractivity contribution in [3.05, 3.63) is 17.8 Å². The molecule has 0 amide bonds. The summed E-state index contributed by atoms with van der Waals surface area (Å²) in [7, 11) is 0. The van der Waals surface area contributed by atoms with Crippen LogP contribution < -0.4 is 4.90 Å². The summed E-state index contributed by atoms with van der Waals surface area (Å²) in [5.41, 5.74) is 0. The molecule has 0 bridgehead atoms. The molecule has 96 valence electrons. The van der Waals surface area contributed by atoms with Crippen molar-refractivity contribution in [2.24, 2.45) is 5.92 Å². The second-order valence-corrected chi connectivity index (χ2v) is 5.30. The summed E-state index contributed by atoms with van der Waals surface area (Å²) in [6.07, 6.45) is 1.61. The summed E-state index contributed by atoms with van der Waals surface area (Å²) in [5, 5.41) is 12.4. The maximum atomic E-state index is 9.32. The first-order chi connectivity index (χ1) is 8.88. The van der Waals surface area contributed by atoms with E-state index in [-0.39, 0.29) is 12.5 Å². The minimum Gasteiger partial charge on any atom is -0.396 e. The van der Waals surface area contributed by atoms with Crippen LogP contribution in [0.2, 0.25) is 0 Å². The van der Waals surface area contributed by atoms with Gasteiger partial charge in [-0.3, -0.25) is 0 Å². The van der Waals surface area contributed by atoms with Crippen LogP contribution in [-0.2, 0) is 4.74 Å². The monoisotopic (exact) mass is 265 g/mol. The Bertz CT molecular complexity index is 531. The van der Waals surface area contributed by atoms with E-state index in [0.29, 0.717) is 13.2 Å². The Hall–Kier alpha value is -1.24. The zero-order valence-electron chi connectivity index (χ0n) is 9.95. The molecule has 2 aromatic rings. The minimum absolute atomic E-state index is 0.147. The lowest BCUT2D eigenvalue weighted by Crippen LogP contribution is -2.32. The van der Waals surface area contributed by atoms with Gasteiger partial charge in [-0.15, -0.1) is 11.3 Å². The second kappa shape index (κ2) is 5.17. The summed E-state index contributed by atoms with van der Waals surface area (Å²) < 4.78 is 5.50. The molecule has 1 N–H and O–H groups in total. The molecule has 0 radical (unpaired) electrons. The first kappa shape index (κ1) is 11.8. The van der Waals surface area contributed by atoms with Crippen LogP contribution in [0.3, 0.4) is 0 Å². The summed E-state index contributed by atoms with van der Waals surface area (Å²) in [4.78, 5) is 11.8. The number of fused-ring (bicyclic) bond motifs is 1. The number of hydrogen-bond donors (Lipinski definition) is 1. The van der Waals surface area contributed by atoms with Crippen LogP contribution in [0.5, 0.6) is 0 Å². The van der Waals surface area contributed by atoms with E-state index < -0.39 is 0 Å². The number of rotatable bonds is 2. The zero-order valence-corrected chi connectivity index (χ0v) is 10.8. The number of thiophene rings is 1. The Morgan fingerprint density at radius 1 is 1.50 bits per heavy atom. The van der Waals surface area contributed by atoms with Gasteiger partial charge in [0, 0.05) is 25.6 Å². The van der Waals surface area contributed by atoms with Crippen LogP contribution in [0.1, 0.15) is 0 Å². The van der Waals surface area contributed by atoms with Gasteiger partial charge in [-0.25, -0.2) is 9.97 Å². The fourth-order valence-electron chi connectivity index (χ4n) is 2.21. The molecule has 0 aromatic carbocycles. The normalized spacial score (nSPS) is 21.2. The topological polar surface area (TPSA) is 58.5 Å². The highest BCUT2D eigenvalue weighted by molar-refractivity contribution is 7.16. The van der Waals surface area contributed by atoms with Crippen LogP contribution in [-0.4, -0.2) is 48.0 Å². The second-order valence-electron chi connectivity index (χ2n) is 4.41. The van der Waals surface area contributed by atoms with Crippen molar-refractivity contribution in [3.8, 4) is 0 Å². The van der Waals surface area contributed by atoms with Gasteiger partial charge in [0.25, 0.3) is 0 Å². The lowest BCUT2D eigenvalue weighted by Gasteiger charge is -2.24. The first-order valence-electron chi connectivity index (χ1n) is 6.00. The Kier molecular flexibility index (Phi) is 3.40. The average Bonchev–Trinajstić information content (AvgIpc) is 2.75. The molecular formula is C12H15N3O2S. The SMILES string of the molecule is OC[C@@H]1COCCN(c2ncnc3sccc23)C1. The molecule has 0 unspecified atom stereocenters. The van der Waals surface area contributed by atoms with Gasteiger partial charge in [-0.1, -0.05) is 0 Å². The van der Waals surface area contributed by atoms with Crippen molar-refractivity contribution in [1.82, 2.24) is 9.97 Å². The summed E-state index contributed by atoms with van der Waals surface area (Å²) in [5.74, 6) is 1.10. The van der Waals surface area contributed by atoms with Crippen molar-refractivity contribution in [2.75, 3.05) is 37.8 Å². The van der Waals surface area contributed by atoms with Crippen LogP contribution in [0.25, 0.3) is 10.2 Å². The van der Waals surface area contributed by atoms with E-state index in [4.69, 9.17) is 4.74 Å². The van der Waals surface area contributed by atoms with E-state index in [1.807, 2.05) is 5.38 Å². The van der Waals surface area contributed by atoms with Crippen molar-refractivity contribution in [3.63, 3.8) is 0 Å². The van der Waals surface area contributed by atoms with Crippen LogP contribution in [0, 0.1) is 5.92 Å². The van der Waals surface area contributed by atoms with Crippen molar-refractivity contribution >= 4 is 27.4 Å². The fraction of sp³-hybridized carbons (Fsp3) is 0.500. The largest absolute Gasteiger partial charge is 0.396 e. The van der Waals surface area contributed by atoms with Crippen molar-refractivity contribution < 1.29 is 9.84 Å². The summed E-state index contributed by atoms with van der Waals surface area (Å²) in [6.45, 7) is 3.02. The first-order valence-corrected chi connectivity index (χ1v) is 6.88. The molecule has 0 spiro atoms. The number of hydrogen-bond acceptors (Lipinski definition) is 6. The number of aliphatic hydroxyl groups is 1. The van der Waals surface area contributed by atoms with E-state index in [1.54, 1.807) is 17.7 Å². The molecule has 2 aromatic heterocycles. The zero-order chi connectivity index (χ0) is 12.4. The molecule has 5 nitrogen and oxygen atoms in total. The highest BCUT2D eigenvalue weighted by Gasteiger charge is 2.20. The molecular weight excluding hydrogens is 250 g/mol. The van der Waals surface area contributed by atoms with E-state index in [1.165, 1.54) is 0 Å². The molecule has 3 heterocycles. The van der Waals surface area contributed by atoms with Gasteiger partial charge in [0.2, 0.25) is 0 Å². The van der Waals surface area contributed by atoms with Crippen LogP contribution in [0.4, 0.5) is 5.82 Å². The average molecular weight is 265 g/mol. The van der Waals surface area contributed by atoms with E-state index in [0.717, 1.165) is 29.1 Å². The molecule has 3 rings (SSSR count). The predicted octanol–water partition coefficient (Wildman–Crippen LogP) is 1.14. The fourth-order valence-corrected chi connectivity index (χ4v) is 2.94. The summed E-state index contributed by atoms with van der Waals surface area (Å²) in [6, 6.07) is 2.05. The number of nitrogens with zero attached hydrogens (tertiary/aromatic N) is 3. The molecule has 1 fully saturated rings. The minimum atomic E-state index is 0.147. The third-order valence-corrected chi connectivity index (χ3v) is 3.96. The van der Waals surface area contributed by atoms with E-state index >= 15 is 0 Å². The number of anilines is 1. The van der Waals surface area contributed by atoms with Gasteiger partial charge in [-0.05, 0) is 11.4 Å². The van der Waals surface area contributed by atoms with Gasteiger partial charge in [0.05, 0.1) is 18.6 Å². The summed E-state index contributed by atoms with van der Waals surface area (Å²) >= 11 is 1.62. The quantitative estimate of drug-likeness (QED) is 0.882. The third-order valence-electron chi connectivity index (χ3n) is 3.14. The van der Waals surface area contributed by atoms with Crippen LogP contribution >= 0.6 is 11.3 Å². The van der Waals surface area contributed by atoms with Gasteiger partial charge < -0.3 is 14.7 Å². The highest BCUT2D eigenvalue weighted by atomic mass is 32.1. The third kappa shape index (κ3) is 2.19. The van der Waals surface area contributed by atoms with Gasteiger partial charge in [-0.2, -0.15) is 0 Å². The van der Waals surface area contributed by atoms with Gasteiger partial charge in [0.1, 0.15) is 17.0 Å². The molecule has 1 aliphatic rings. The molecule has 0 saturated carbocycles. The molecule has 1 atom stereocenters. The lowest BCUT2D eigenvalue weighted by molar-refractivity contribution is 0.0959.